The minimum atomic E-state index is -2.74. The molecule has 1 unspecified atom stereocenters. The second-order valence-electron chi connectivity index (χ2n) is 14.3. The summed E-state index contributed by atoms with van der Waals surface area (Å²) >= 11 is 0. The molecule has 13 heteroatoms. The number of carbonyl (C=O) groups is 5. The molecule has 0 aromatic heterocycles. The van der Waals surface area contributed by atoms with E-state index in [0.717, 1.165) is 50.4 Å². The number of carboxylic acid groups (broad SMARTS) is 3. The first-order valence-corrected chi connectivity index (χ1v) is 17.3. The van der Waals surface area contributed by atoms with Gasteiger partial charge in [0.05, 0.1) is 12.8 Å². The third-order valence-electron chi connectivity index (χ3n) is 10.9. The number of carbonyl (C=O) groups excluding carboxylic acids is 2. The van der Waals surface area contributed by atoms with Gasteiger partial charge in [-0.1, -0.05) is 42.5 Å². The summed E-state index contributed by atoms with van der Waals surface area (Å²) in [4.78, 5) is 66.3. The van der Waals surface area contributed by atoms with Crippen LogP contribution in [-0.4, -0.2) is 129 Å². The van der Waals surface area contributed by atoms with Crippen LogP contribution in [0.25, 0.3) is 0 Å². The molecule has 0 bridgehead atoms. The fourth-order valence-corrected chi connectivity index (χ4v) is 8.04. The first-order chi connectivity index (χ1) is 23.7. The average molecular weight is 693 g/mol. The van der Waals surface area contributed by atoms with Crippen LogP contribution in [0.4, 0.5) is 5.69 Å². The Morgan fingerprint density at radius 1 is 0.860 bits per heavy atom. The smallest absolute Gasteiger partial charge is 0.336 e. The summed E-state index contributed by atoms with van der Waals surface area (Å²) in [6, 6.07) is 17.0. The number of likely N-dealkylation sites (N-methyl/N-ethyl adjacent to an activating group) is 1. The van der Waals surface area contributed by atoms with Gasteiger partial charge in [-0.05, 0) is 87.5 Å². The highest BCUT2D eigenvalue weighted by atomic mass is 16.4. The van der Waals surface area contributed by atoms with Crippen LogP contribution in [0.15, 0.2) is 48.5 Å². The molecular weight excluding hydrogens is 644 g/mol. The molecule has 2 fully saturated rings. The number of para-hydroxylation sites is 1. The molecule has 4 N–H and O–H groups in total. The third-order valence-corrected chi connectivity index (χ3v) is 10.9. The highest BCUT2D eigenvalue weighted by Gasteiger charge is 2.44. The van der Waals surface area contributed by atoms with Crippen molar-refractivity contribution in [2.24, 2.45) is 0 Å². The van der Waals surface area contributed by atoms with E-state index in [9.17, 15) is 24.0 Å². The number of hydrogen-bond donors (Lipinski definition) is 4. The molecule has 0 saturated carbocycles. The van der Waals surface area contributed by atoms with E-state index in [1.54, 1.807) is 5.56 Å². The molecule has 1 aliphatic carbocycles. The number of aliphatic carboxylic acids is 3. The van der Waals surface area contributed by atoms with Crippen LogP contribution >= 0.6 is 0 Å². The SMILES string of the molecule is CN(C)C1CCN(C(=O)[C@@H]2Cc3ccccc3N2C(=O)CCN2CCC3(CCc4ccccc43)CC2)C1.O=C(O)CC(O)(CC(=O)O)C(=O)O. The molecule has 3 heterocycles. The van der Waals surface area contributed by atoms with Crippen molar-refractivity contribution >= 4 is 35.4 Å². The lowest BCUT2D eigenvalue weighted by atomic mass is 9.74. The van der Waals surface area contributed by atoms with Crippen molar-refractivity contribution in [1.29, 1.82) is 0 Å². The van der Waals surface area contributed by atoms with Crippen molar-refractivity contribution in [2.45, 2.75) is 80.9 Å². The summed E-state index contributed by atoms with van der Waals surface area (Å²) < 4.78 is 0. The first kappa shape index (κ1) is 36.9. The van der Waals surface area contributed by atoms with Crippen LogP contribution in [0.1, 0.15) is 61.6 Å². The number of amides is 2. The van der Waals surface area contributed by atoms with Gasteiger partial charge in [0.15, 0.2) is 5.60 Å². The van der Waals surface area contributed by atoms with Gasteiger partial charge in [-0.25, -0.2) is 4.79 Å². The zero-order valence-corrected chi connectivity index (χ0v) is 28.8. The van der Waals surface area contributed by atoms with Crippen LogP contribution in [0.5, 0.6) is 0 Å². The summed E-state index contributed by atoms with van der Waals surface area (Å²) in [6.07, 6.45) is 4.60. The highest BCUT2D eigenvalue weighted by Crippen LogP contribution is 2.46. The fourth-order valence-electron chi connectivity index (χ4n) is 8.04. The number of rotatable bonds is 10. The molecule has 13 nitrogen and oxygen atoms in total. The minimum absolute atomic E-state index is 0.0816. The molecule has 2 saturated heterocycles. The van der Waals surface area contributed by atoms with E-state index in [1.807, 2.05) is 28.0 Å². The lowest BCUT2D eigenvalue weighted by Crippen LogP contribution is -2.50. The molecule has 50 heavy (non-hydrogen) atoms. The van der Waals surface area contributed by atoms with Crippen molar-refractivity contribution in [2.75, 3.05) is 51.7 Å². The largest absolute Gasteiger partial charge is 0.481 e. The predicted molar refractivity (Wildman–Crippen MR) is 184 cm³/mol. The number of aliphatic hydroxyl groups is 1. The average Bonchev–Trinajstić information content (AvgIpc) is 3.80. The first-order valence-electron chi connectivity index (χ1n) is 17.3. The van der Waals surface area contributed by atoms with E-state index in [-0.39, 0.29) is 11.8 Å². The minimum Gasteiger partial charge on any atom is -0.481 e. The van der Waals surface area contributed by atoms with Crippen LogP contribution in [0, 0.1) is 0 Å². The lowest BCUT2D eigenvalue weighted by Gasteiger charge is -2.40. The molecule has 2 aromatic carbocycles. The van der Waals surface area contributed by atoms with Crippen molar-refractivity contribution < 1.29 is 44.4 Å². The number of nitrogens with zero attached hydrogens (tertiary/aromatic N) is 4. The topological polar surface area (TPSA) is 179 Å². The van der Waals surface area contributed by atoms with Crippen molar-refractivity contribution in [3.8, 4) is 0 Å². The number of hydrogen-bond acceptors (Lipinski definition) is 8. The molecule has 2 atom stereocenters. The second-order valence-corrected chi connectivity index (χ2v) is 14.3. The maximum atomic E-state index is 13.7. The molecular formula is C37H48N4O9. The van der Waals surface area contributed by atoms with E-state index in [0.29, 0.717) is 24.3 Å². The molecule has 1 spiro atoms. The number of carboxylic acids is 3. The van der Waals surface area contributed by atoms with Crippen LogP contribution in [0.2, 0.25) is 0 Å². The van der Waals surface area contributed by atoms with Crippen molar-refractivity contribution in [3.63, 3.8) is 0 Å². The zero-order valence-electron chi connectivity index (χ0n) is 28.8. The molecule has 4 aliphatic rings. The Balaban J connectivity index is 0.000000320. The summed E-state index contributed by atoms with van der Waals surface area (Å²) in [5.41, 5.74) is 2.73. The monoisotopic (exact) mass is 692 g/mol. The van der Waals surface area contributed by atoms with Gasteiger partial charge in [0.2, 0.25) is 11.8 Å². The molecule has 3 aliphatic heterocycles. The van der Waals surface area contributed by atoms with Gasteiger partial charge in [-0.15, -0.1) is 0 Å². The van der Waals surface area contributed by atoms with E-state index in [4.69, 9.17) is 20.4 Å². The van der Waals surface area contributed by atoms with Crippen molar-refractivity contribution in [3.05, 3.63) is 65.2 Å². The molecule has 270 valence electrons. The van der Waals surface area contributed by atoms with Crippen molar-refractivity contribution in [1.82, 2.24) is 14.7 Å². The maximum Gasteiger partial charge on any atom is 0.336 e. The Labute approximate surface area is 292 Å². The Kier molecular flexibility index (Phi) is 11.3. The summed E-state index contributed by atoms with van der Waals surface area (Å²) in [7, 11) is 4.15. The Morgan fingerprint density at radius 2 is 1.48 bits per heavy atom. The van der Waals surface area contributed by atoms with Crippen LogP contribution < -0.4 is 4.90 Å². The van der Waals surface area contributed by atoms with Gasteiger partial charge < -0.3 is 35.1 Å². The highest BCUT2D eigenvalue weighted by molar-refractivity contribution is 6.03. The molecule has 6 rings (SSSR count). The quantitative estimate of drug-likeness (QED) is 0.287. The molecule has 0 radical (unpaired) electrons. The van der Waals surface area contributed by atoms with Gasteiger partial charge in [0.1, 0.15) is 6.04 Å². The van der Waals surface area contributed by atoms with E-state index < -0.39 is 42.4 Å². The summed E-state index contributed by atoms with van der Waals surface area (Å²) in [5, 5.41) is 33.8. The molecule has 2 aromatic rings. The van der Waals surface area contributed by atoms with E-state index in [1.165, 1.54) is 31.2 Å². The number of likely N-dealkylation sites (tertiary alicyclic amines) is 2. The van der Waals surface area contributed by atoms with Gasteiger partial charge in [-0.2, -0.15) is 0 Å². The van der Waals surface area contributed by atoms with Gasteiger partial charge in [0.25, 0.3) is 0 Å². The van der Waals surface area contributed by atoms with Crippen LogP contribution in [0.3, 0.4) is 0 Å². The fraction of sp³-hybridized carbons (Fsp3) is 0.541. The third kappa shape index (κ3) is 8.00. The number of benzene rings is 2. The number of piperidine rings is 1. The van der Waals surface area contributed by atoms with E-state index in [2.05, 4.69) is 54.2 Å². The zero-order chi connectivity index (χ0) is 36.2. The van der Waals surface area contributed by atoms with Gasteiger partial charge in [-0.3, -0.25) is 24.1 Å². The lowest BCUT2D eigenvalue weighted by molar-refractivity contribution is -0.170. The summed E-state index contributed by atoms with van der Waals surface area (Å²) in [5.74, 6) is -4.83. The second kappa shape index (κ2) is 15.3. The standard InChI is InChI=1S/C31H40N4O2.C6H8O7/c1-32(2)25-12-18-34(22-25)30(37)28-21-24-8-4-6-10-27(24)35(28)29(36)13-17-33-19-15-31(16-20-33)14-11-23-7-3-5-9-26(23)31;7-3(8)1-6(13,5(11)12)2-4(9)10/h3-10,25,28H,11-22H2,1-2H3;13H,1-2H2,(H,7,8)(H,9,10)(H,11,12)/t25?,28-;/m0./s1. The molecule has 2 amide bonds. The number of fused-ring (bicyclic) bond motifs is 3. The van der Waals surface area contributed by atoms with E-state index >= 15 is 0 Å². The summed E-state index contributed by atoms with van der Waals surface area (Å²) in [6.45, 7) is 4.37. The van der Waals surface area contributed by atoms with Gasteiger partial charge >= 0.3 is 17.9 Å². The maximum absolute atomic E-state index is 13.7. The Bertz CT molecular complexity index is 1590. The van der Waals surface area contributed by atoms with Crippen LogP contribution in [-0.2, 0) is 42.2 Å². The van der Waals surface area contributed by atoms with Gasteiger partial charge in [0, 0.05) is 44.2 Å². The predicted octanol–water partition coefficient (Wildman–Crippen LogP) is 2.23. The Morgan fingerprint density at radius 3 is 2.08 bits per heavy atom. The number of aryl methyl sites for hydroxylation is 1. The Hall–Kier alpha value is -4.33. The number of anilines is 1. The normalized spacial score (nSPS) is 21.0.